The van der Waals surface area contributed by atoms with Crippen LogP contribution in [0.25, 0.3) is 0 Å². The van der Waals surface area contributed by atoms with Crippen molar-refractivity contribution in [2.24, 2.45) is 17.8 Å². The van der Waals surface area contributed by atoms with E-state index in [0.29, 0.717) is 6.61 Å². The first kappa shape index (κ1) is 15.2. The van der Waals surface area contributed by atoms with E-state index in [2.05, 4.69) is 0 Å². The largest absolute Gasteiger partial charge is 0.375 e. The topological polar surface area (TPSA) is 79.2 Å². The Bertz CT molecular complexity index is 296. The molecule has 1 aliphatic carbocycles. The second-order valence-electron chi connectivity index (χ2n) is 6.25. The summed E-state index contributed by atoms with van der Waals surface area (Å²) in [6.07, 6.45) is 3.54. The first-order valence-electron chi connectivity index (χ1n) is 7.31. The summed E-state index contributed by atoms with van der Waals surface area (Å²) in [5.74, 6) is -0.212. The summed E-state index contributed by atoms with van der Waals surface area (Å²) in [4.78, 5) is 4.95. The van der Waals surface area contributed by atoms with Gasteiger partial charge in [-0.25, -0.2) is 4.89 Å². The van der Waals surface area contributed by atoms with Gasteiger partial charge in [-0.2, -0.15) is 0 Å². The van der Waals surface area contributed by atoms with Gasteiger partial charge < -0.3 is 14.9 Å². The van der Waals surface area contributed by atoms with E-state index in [-0.39, 0.29) is 23.9 Å². The molecule has 19 heavy (non-hydrogen) atoms. The highest BCUT2D eigenvalue weighted by Gasteiger charge is 2.53. The molecule has 5 nitrogen and oxygen atoms in total. The van der Waals surface area contributed by atoms with Crippen LogP contribution in [0.1, 0.15) is 46.0 Å². The van der Waals surface area contributed by atoms with E-state index in [9.17, 15) is 15.5 Å². The molecule has 112 valence electrons. The first-order valence-corrected chi connectivity index (χ1v) is 7.31. The summed E-state index contributed by atoms with van der Waals surface area (Å²) in [7, 11) is 0. The molecule has 0 aromatic heterocycles. The smallest absolute Gasteiger partial charge is 0.154 e. The third-order valence-electron chi connectivity index (χ3n) is 5.18. The van der Waals surface area contributed by atoms with Gasteiger partial charge in [0.2, 0.25) is 0 Å². The van der Waals surface area contributed by atoms with Gasteiger partial charge >= 0.3 is 0 Å². The fourth-order valence-electron chi connectivity index (χ4n) is 3.87. The minimum atomic E-state index is -1.39. The third kappa shape index (κ3) is 2.81. The lowest BCUT2D eigenvalue weighted by Crippen LogP contribution is -2.56. The molecule has 0 spiro atoms. The fraction of sp³-hybridized carbons (Fsp3) is 1.00. The molecule has 5 atom stereocenters. The van der Waals surface area contributed by atoms with E-state index in [1.165, 1.54) is 0 Å². The van der Waals surface area contributed by atoms with Crippen LogP contribution in [-0.4, -0.2) is 40.1 Å². The Morgan fingerprint density at radius 2 is 1.95 bits per heavy atom. The number of fused-ring (bicyclic) bond motifs is 1. The summed E-state index contributed by atoms with van der Waals surface area (Å²) in [6, 6.07) is 0. The van der Waals surface area contributed by atoms with Crippen LogP contribution in [-0.2, 0) is 9.62 Å². The maximum Gasteiger partial charge on any atom is 0.154 e. The zero-order valence-corrected chi connectivity index (χ0v) is 11.8. The zero-order chi connectivity index (χ0) is 14.0. The zero-order valence-electron chi connectivity index (χ0n) is 11.8. The molecule has 0 aromatic rings. The molecule has 5 unspecified atom stereocenters. The second-order valence-corrected chi connectivity index (χ2v) is 6.25. The van der Waals surface area contributed by atoms with Crippen LogP contribution in [0, 0.1) is 17.8 Å². The van der Waals surface area contributed by atoms with E-state index < -0.39 is 11.9 Å². The van der Waals surface area contributed by atoms with Crippen molar-refractivity contribution in [1.29, 1.82) is 0 Å². The Hall–Kier alpha value is -0.200. The highest BCUT2D eigenvalue weighted by atomic mass is 17.1. The van der Waals surface area contributed by atoms with Gasteiger partial charge in [0.25, 0.3) is 0 Å². The van der Waals surface area contributed by atoms with Crippen molar-refractivity contribution >= 4 is 0 Å². The quantitative estimate of drug-likeness (QED) is 0.415. The highest BCUT2D eigenvalue weighted by Crippen LogP contribution is 2.48. The Labute approximate surface area is 114 Å². The highest BCUT2D eigenvalue weighted by molar-refractivity contribution is 5.00. The van der Waals surface area contributed by atoms with Crippen LogP contribution in [0.5, 0.6) is 0 Å². The summed E-state index contributed by atoms with van der Waals surface area (Å²) in [5.41, 5.74) is -0.786. The molecular formula is C14H26O5. The van der Waals surface area contributed by atoms with E-state index in [1.54, 1.807) is 6.92 Å². The summed E-state index contributed by atoms with van der Waals surface area (Å²) >= 11 is 0. The maximum atomic E-state index is 9.55. The lowest BCUT2D eigenvalue weighted by atomic mass is 9.63. The van der Waals surface area contributed by atoms with E-state index in [0.717, 1.165) is 32.1 Å². The van der Waals surface area contributed by atoms with Crippen molar-refractivity contribution in [3.63, 3.8) is 0 Å². The lowest BCUT2D eigenvalue weighted by Gasteiger charge is -2.48. The molecule has 1 saturated carbocycles. The summed E-state index contributed by atoms with van der Waals surface area (Å²) < 4.78 is 5.78. The van der Waals surface area contributed by atoms with Crippen LogP contribution in [0.15, 0.2) is 0 Å². The molecule has 1 aliphatic heterocycles. The van der Waals surface area contributed by atoms with Gasteiger partial charge in [-0.05, 0) is 38.5 Å². The molecule has 0 aromatic carbocycles. The SMILES string of the molecule is CC1CCC2CCCC(C(C)C(O)O)C2(OO)CO1. The van der Waals surface area contributed by atoms with Crippen molar-refractivity contribution in [3.05, 3.63) is 0 Å². The van der Waals surface area contributed by atoms with E-state index in [4.69, 9.17) is 9.62 Å². The molecule has 2 rings (SSSR count). The molecule has 2 fully saturated rings. The Morgan fingerprint density at radius 1 is 1.21 bits per heavy atom. The number of hydrogen-bond donors (Lipinski definition) is 3. The molecule has 1 saturated heterocycles. The molecule has 0 amide bonds. The standard InChI is InChI=1S/C14H26O5/c1-9-6-7-11-4-3-5-12(10(2)13(15)16)14(11,19-17)8-18-9/h9-13,15-17H,3-8H2,1-2H3. The predicted molar refractivity (Wildman–Crippen MR) is 69.3 cm³/mol. The van der Waals surface area contributed by atoms with Crippen molar-refractivity contribution in [3.8, 4) is 0 Å². The van der Waals surface area contributed by atoms with Crippen LogP contribution in [0.2, 0.25) is 0 Å². The van der Waals surface area contributed by atoms with Gasteiger partial charge in [0, 0.05) is 11.8 Å². The molecule has 0 radical (unpaired) electrons. The van der Waals surface area contributed by atoms with Crippen molar-refractivity contribution < 1.29 is 25.1 Å². The van der Waals surface area contributed by atoms with Gasteiger partial charge in [-0.1, -0.05) is 13.3 Å². The number of ether oxygens (including phenoxy) is 1. The second kappa shape index (κ2) is 6.06. The summed E-state index contributed by atoms with van der Waals surface area (Å²) in [6.45, 7) is 4.16. The van der Waals surface area contributed by atoms with Crippen molar-refractivity contribution in [2.45, 2.75) is 63.9 Å². The Kier molecular flexibility index (Phi) is 4.84. The van der Waals surface area contributed by atoms with Crippen molar-refractivity contribution in [1.82, 2.24) is 0 Å². The minimum Gasteiger partial charge on any atom is -0.375 e. The van der Waals surface area contributed by atoms with Gasteiger partial charge in [0.05, 0.1) is 12.7 Å². The maximum absolute atomic E-state index is 9.55. The van der Waals surface area contributed by atoms with Crippen LogP contribution in [0.4, 0.5) is 0 Å². The molecule has 0 bridgehead atoms. The average Bonchev–Trinajstić information content (AvgIpc) is 2.58. The number of aliphatic hydroxyl groups is 2. The lowest BCUT2D eigenvalue weighted by molar-refractivity contribution is -0.375. The Morgan fingerprint density at radius 3 is 2.58 bits per heavy atom. The Balaban J connectivity index is 2.27. The normalized spacial score (nSPS) is 41.7. The van der Waals surface area contributed by atoms with Crippen LogP contribution >= 0.6 is 0 Å². The van der Waals surface area contributed by atoms with E-state index in [1.807, 2.05) is 6.92 Å². The summed E-state index contributed by atoms with van der Waals surface area (Å²) in [5, 5.41) is 28.5. The fourth-order valence-corrected chi connectivity index (χ4v) is 3.87. The van der Waals surface area contributed by atoms with Crippen LogP contribution in [0.3, 0.4) is 0 Å². The monoisotopic (exact) mass is 274 g/mol. The minimum absolute atomic E-state index is 0.0958. The molecule has 3 N–H and O–H groups in total. The average molecular weight is 274 g/mol. The molecular weight excluding hydrogens is 248 g/mol. The number of aliphatic hydroxyl groups excluding tert-OH is 1. The third-order valence-corrected chi connectivity index (χ3v) is 5.18. The van der Waals surface area contributed by atoms with Crippen molar-refractivity contribution in [2.75, 3.05) is 6.61 Å². The number of hydrogen-bond acceptors (Lipinski definition) is 5. The van der Waals surface area contributed by atoms with Gasteiger partial charge in [-0.15, -0.1) is 0 Å². The van der Waals surface area contributed by atoms with Gasteiger partial charge in [0.1, 0.15) is 5.60 Å². The molecule has 5 heteroatoms. The van der Waals surface area contributed by atoms with E-state index >= 15 is 0 Å². The van der Waals surface area contributed by atoms with Gasteiger partial charge in [-0.3, -0.25) is 5.26 Å². The predicted octanol–water partition coefficient (Wildman–Crippen LogP) is 1.78. The molecule has 2 aliphatic rings. The number of rotatable bonds is 3. The molecule has 1 heterocycles. The van der Waals surface area contributed by atoms with Gasteiger partial charge in [0.15, 0.2) is 6.29 Å². The van der Waals surface area contributed by atoms with Crippen LogP contribution < -0.4 is 0 Å². The first-order chi connectivity index (χ1) is 9.01.